The molecule has 1 N–H and O–H groups in total. The number of benzene rings is 1. The Morgan fingerprint density at radius 1 is 1.30 bits per heavy atom. The first-order chi connectivity index (χ1) is 11.1. The first-order valence-electron chi connectivity index (χ1n) is 7.77. The van der Waals surface area contributed by atoms with Gasteiger partial charge < -0.3 is 9.64 Å². The molecule has 23 heavy (non-hydrogen) atoms. The number of amides is 2. The highest BCUT2D eigenvalue weighted by atomic mass is 19.1. The molecule has 2 saturated heterocycles. The van der Waals surface area contributed by atoms with Crippen molar-refractivity contribution in [2.24, 2.45) is 5.92 Å². The van der Waals surface area contributed by atoms with E-state index in [-0.39, 0.29) is 17.6 Å². The molecule has 0 radical (unpaired) electrons. The van der Waals surface area contributed by atoms with Crippen molar-refractivity contribution in [2.75, 3.05) is 37.7 Å². The maximum atomic E-state index is 13.7. The van der Waals surface area contributed by atoms with Crippen LogP contribution in [-0.2, 0) is 14.3 Å². The van der Waals surface area contributed by atoms with E-state index in [1.807, 2.05) is 0 Å². The summed E-state index contributed by atoms with van der Waals surface area (Å²) in [6.45, 7) is 4.41. The van der Waals surface area contributed by atoms with Gasteiger partial charge in [0.25, 0.3) is 0 Å². The zero-order valence-corrected chi connectivity index (χ0v) is 13.0. The van der Waals surface area contributed by atoms with Gasteiger partial charge in [0, 0.05) is 30.9 Å². The first-order valence-corrected chi connectivity index (χ1v) is 7.77. The van der Waals surface area contributed by atoms with Crippen LogP contribution in [-0.4, -0.2) is 49.7 Å². The van der Waals surface area contributed by atoms with E-state index in [0.717, 1.165) is 0 Å². The Kier molecular flexibility index (Phi) is 4.58. The van der Waals surface area contributed by atoms with Crippen molar-refractivity contribution in [1.82, 2.24) is 10.4 Å². The Morgan fingerprint density at radius 3 is 2.78 bits per heavy atom. The van der Waals surface area contributed by atoms with Gasteiger partial charge in [-0.15, -0.1) is 0 Å². The molecular weight excluding hydrogens is 301 g/mol. The summed E-state index contributed by atoms with van der Waals surface area (Å²) in [7, 11) is 0. The number of hydrazine groups is 1. The molecule has 2 aliphatic heterocycles. The lowest BCUT2D eigenvalue weighted by Gasteiger charge is -2.28. The van der Waals surface area contributed by atoms with Crippen LogP contribution in [0.4, 0.5) is 10.1 Å². The van der Waals surface area contributed by atoms with Gasteiger partial charge >= 0.3 is 0 Å². The van der Waals surface area contributed by atoms with Crippen LogP contribution in [0.15, 0.2) is 18.2 Å². The third kappa shape index (κ3) is 3.20. The van der Waals surface area contributed by atoms with Gasteiger partial charge in [-0.2, -0.15) is 0 Å². The number of halogens is 1. The monoisotopic (exact) mass is 321 g/mol. The fourth-order valence-electron chi connectivity index (χ4n) is 2.96. The molecule has 1 atom stereocenters. The second kappa shape index (κ2) is 6.64. The molecule has 1 aromatic rings. The van der Waals surface area contributed by atoms with Gasteiger partial charge in [-0.1, -0.05) is 6.07 Å². The van der Waals surface area contributed by atoms with E-state index in [4.69, 9.17) is 4.74 Å². The van der Waals surface area contributed by atoms with Gasteiger partial charge in [-0.05, 0) is 25.5 Å². The van der Waals surface area contributed by atoms with Crippen LogP contribution in [0, 0.1) is 18.7 Å². The highest BCUT2D eigenvalue weighted by molar-refractivity contribution is 6.09. The number of nitrogens with one attached hydrogen (secondary N) is 1. The summed E-state index contributed by atoms with van der Waals surface area (Å²) >= 11 is 0. The van der Waals surface area contributed by atoms with Crippen LogP contribution in [0.2, 0.25) is 0 Å². The first kappa shape index (κ1) is 15.9. The van der Waals surface area contributed by atoms with E-state index in [1.165, 1.54) is 11.0 Å². The van der Waals surface area contributed by atoms with E-state index in [1.54, 1.807) is 24.1 Å². The molecular formula is C16H20FN3O3. The molecule has 0 aromatic heterocycles. The molecule has 2 fully saturated rings. The van der Waals surface area contributed by atoms with Crippen molar-refractivity contribution in [3.63, 3.8) is 0 Å². The Bertz CT molecular complexity index is 617. The SMILES string of the molecule is Cc1c(F)cccc1N1CCC(C(=O)NN2CCOCC2)C1=O. The summed E-state index contributed by atoms with van der Waals surface area (Å²) in [4.78, 5) is 26.4. The molecule has 124 valence electrons. The highest BCUT2D eigenvalue weighted by Gasteiger charge is 2.38. The molecule has 2 aliphatic rings. The number of ether oxygens (including phenoxy) is 1. The summed E-state index contributed by atoms with van der Waals surface area (Å²) in [5.74, 6) is -1.64. The van der Waals surface area contributed by atoms with E-state index in [9.17, 15) is 14.0 Å². The minimum Gasteiger partial charge on any atom is -0.379 e. The van der Waals surface area contributed by atoms with Crippen molar-refractivity contribution in [3.05, 3.63) is 29.6 Å². The van der Waals surface area contributed by atoms with Gasteiger partial charge in [0.1, 0.15) is 11.7 Å². The molecule has 6 nitrogen and oxygen atoms in total. The normalized spacial score (nSPS) is 22.4. The Labute approximate surface area is 134 Å². The molecule has 1 aromatic carbocycles. The zero-order chi connectivity index (χ0) is 16.4. The number of nitrogens with zero attached hydrogens (tertiary/aromatic N) is 2. The lowest BCUT2D eigenvalue weighted by atomic mass is 10.1. The van der Waals surface area contributed by atoms with E-state index < -0.39 is 5.92 Å². The number of carbonyl (C=O) groups excluding carboxylic acids is 2. The number of hydrogen-bond donors (Lipinski definition) is 1. The number of rotatable bonds is 3. The molecule has 2 amide bonds. The van der Waals surface area contributed by atoms with Gasteiger partial charge in [-0.3, -0.25) is 15.0 Å². The standard InChI is InChI=1S/C16H20FN3O3/c1-11-13(17)3-2-4-14(11)20-6-5-12(16(20)22)15(21)18-19-7-9-23-10-8-19/h2-4,12H,5-10H2,1H3,(H,18,21). The number of anilines is 1. The topological polar surface area (TPSA) is 61.9 Å². The third-order valence-electron chi connectivity index (χ3n) is 4.33. The predicted molar refractivity (Wildman–Crippen MR) is 82.1 cm³/mol. The zero-order valence-electron chi connectivity index (χ0n) is 13.0. The van der Waals surface area contributed by atoms with Gasteiger partial charge in [0.2, 0.25) is 11.8 Å². The van der Waals surface area contributed by atoms with E-state index in [2.05, 4.69) is 5.43 Å². The lowest BCUT2D eigenvalue weighted by Crippen LogP contribution is -2.51. The third-order valence-corrected chi connectivity index (χ3v) is 4.33. The lowest BCUT2D eigenvalue weighted by molar-refractivity contribution is -0.137. The van der Waals surface area contributed by atoms with Crippen LogP contribution >= 0.6 is 0 Å². The average molecular weight is 321 g/mol. The second-order valence-corrected chi connectivity index (χ2v) is 5.79. The van der Waals surface area contributed by atoms with E-state index >= 15 is 0 Å². The minimum absolute atomic E-state index is 0.274. The number of morpholine rings is 1. The number of carbonyl (C=O) groups is 2. The predicted octanol–water partition coefficient (Wildman–Crippen LogP) is 0.850. The molecule has 0 aliphatic carbocycles. The van der Waals surface area contributed by atoms with Gasteiger partial charge in [-0.25, -0.2) is 9.40 Å². The maximum Gasteiger partial charge on any atom is 0.246 e. The number of hydrogen-bond acceptors (Lipinski definition) is 4. The van der Waals surface area contributed by atoms with Gasteiger partial charge in [0.15, 0.2) is 0 Å². The van der Waals surface area contributed by atoms with Crippen LogP contribution < -0.4 is 10.3 Å². The fourth-order valence-corrected chi connectivity index (χ4v) is 2.96. The molecule has 1 unspecified atom stereocenters. The summed E-state index contributed by atoms with van der Waals surface area (Å²) in [5.41, 5.74) is 3.75. The molecule has 0 spiro atoms. The Morgan fingerprint density at radius 2 is 2.04 bits per heavy atom. The largest absolute Gasteiger partial charge is 0.379 e. The van der Waals surface area contributed by atoms with Crippen LogP contribution in [0.25, 0.3) is 0 Å². The van der Waals surface area contributed by atoms with Crippen molar-refractivity contribution in [3.8, 4) is 0 Å². The Hall–Kier alpha value is -1.99. The summed E-state index contributed by atoms with van der Waals surface area (Å²) in [6, 6.07) is 4.65. The molecule has 0 bridgehead atoms. The summed E-state index contributed by atoms with van der Waals surface area (Å²) in [5, 5.41) is 1.77. The molecule has 7 heteroatoms. The van der Waals surface area contributed by atoms with Crippen LogP contribution in [0.1, 0.15) is 12.0 Å². The van der Waals surface area contributed by atoms with Crippen molar-refractivity contribution >= 4 is 17.5 Å². The van der Waals surface area contributed by atoms with Crippen molar-refractivity contribution in [2.45, 2.75) is 13.3 Å². The van der Waals surface area contributed by atoms with Crippen molar-refractivity contribution in [1.29, 1.82) is 0 Å². The average Bonchev–Trinajstić information content (AvgIpc) is 2.93. The quantitative estimate of drug-likeness (QED) is 0.839. The summed E-state index contributed by atoms with van der Waals surface area (Å²) < 4.78 is 18.9. The second-order valence-electron chi connectivity index (χ2n) is 5.79. The Balaban J connectivity index is 1.68. The maximum absolute atomic E-state index is 13.7. The smallest absolute Gasteiger partial charge is 0.246 e. The molecule has 3 rings (SSSR count). The molecule has 0 saturated carbocycles. The van der Waals surface area contributed by atoms with E-state index in [0.29, 0.717) is 50.5 Å². The van der Waals surface area contributed by atoms with Crippen LogP contribution in [0.5, 0.6) is 0 Å². The fraction of sp³-hybridized carbons (Fsp3) is 0.500. The summed E-state index contributed by atoms with van der Waals surface area (Å²) in [6.07, 6.45) is 0.435. The highest BCUT2D eigenvalue weighted by Crippen LogP contribution is 2.29. The van der Waals surface area contributed by atoms with Gasteiger partial charge in [0.05, 0.1) is 13.2 Å². The minimum atomic E-state index is -0.722. The molecule has 2 heterocycles. The van der Waals surface area contributed by atoms with Crippen molar-refractivity contribution < 1.29 is 18.7 Å². The van der Waals surface area contributed by atoms with Crippen LogP contribution in [0.3, 0.4) is 0 Å².